The van der Waals surface area contributed by atoms with Crippen molar-refractivity contribution in [3.63, 3.8) is 0 Å². The summed E-state index contributed by atoms with van der Waals surface area (Å²) >= 11 is 1.73. The third kappa shape index (κ3) is 6.73. The second-order valence-corrected chi connectivity index (χ2v) is 7.58. The molecule has 0 radical (unpaired) electrons. The van der Waals surface area contributed by atoms with E-state index in [9.17, 15) is 4.39 Å². The lowest BCUT2D eigenvalue weighted by Gasteiger charge is -2.21. The number of hydrogen-bond donors (Lipinski definition) is 0. The smallest absolute Gasteiger partial charge is 0.159 e. The Kier molecular flexibility index (Phi) is 7.84. The minimum atomic E-state index is -0.415. The van der Waals surface area contributed by atoms with E-state index in [1.165, 1.54) is 23.5 Å². The van der Waals surface area contributed by atoms with E-state index in [0.29, 0.717) is 12.2 Å². The van der Waals surface area contributed by atoms with Crippen LogP contribution >= 0.6 is 11.9 Å². The van der Waals surface area contributed by atoms with Gasteiger partial charge in [-0.15, -0.1) is 0 Å². The van der Waals surface area contributed by atoms with Gasteiger partial charge in [0.15, 0.2) is 5.82 Å². The maximum Gasteiger partial charge on any atom is 0.159 e. The highest BCUT2D eigenvalue weighted by Gasteiger charge is 2.10. The van der Waals surface area contributed by atoms with Crippen LogP contribution in [-0.4, -0.2) is 34.2 Å². The molecule has 1 heterocycles. The molecule has 3 aromatic rings. The molecule has 1 aromatic heterocycles. The molecule has 0 aliphatic heterocycles. The van der Waals surface area contributed by atoms with Gasteiger partial charge in [-0.3, -0.25) is 0 Å². The molecule has 2 aromatic carbocycles. The summed E-state index contributed by atoms with van der Waals surface area (Å²) in [5.41, 5.74) is 2.40. The molecule has 5 nitrogen and oxygen atoms in total. The van der Waals surface area contributed by atoms with Gasteiger partial charge in [-0.1, -0.05) is 36.2 Å². The topological polar surface area (TPSA) is 47.5 Å². The highest BCUT2D eigenvalue weighted by molar-refractivity contribution is 7.96. The number of ether oxygens (including phenoxy) is 2. The zero-order valence-electron chi connectivity index (χ0n) is 16.5. The van der Waals surface area contributed by atoms with Crippen LogP contribution in [0.4, 0.5) is 4.39 Å². The van der Waals surface area contributed by atoms with Crippen molar-refractivity contribution in [3.8, 4) is 11.5 Å². The van der Waals surface area contributed by atoms with E-state index in [4.69, 9.17) is 9.47 Å². The predicted molar refractivity (Wildman–Crippen MR) is 113 cm³/mol. The van der Waals surface area contributed by atoms with E-state index < -0.39 is 5.82 Å². The van der Waals surface area contributed by atoms with Crippen LogP contribution in [0.5, 0.6) is 11.5 Å². The molecule has 7 heteroatoms. The van der Waals surface area contributed by atoms with E-state index in [2.05, 4.69) is 38.5 Å². The minimum absolute atomic E-state index is 0.415. The first-order valence-electron chi connectivity index (χ1n) is 9.26. The van der Waals surface area contributed by atoms with Crippen molar-refractivity contribution in [1.29, 1.82) is 0 Å². The van der Waals surface area contributed by atoms with Crippen LogP contribution < -0.4 is 9.47 Å². The van der Waals surface area contributed by atoms with E-state index in [-0.39, 0.29) is 0 Å². The van der Waals surface area contributed by atoms with Crippen LogP contribution in [0, 0.1) is 5.82 Å². The fourth-order valence-electron chi connectivity index (χ4n) is 2.75. The Morgan fingerprint density at radius 1 is 0.828 bits per heavy atom. The van der Waals surface area contributed by atoms with E-state index >= 15 is 0 Å². The van der Waals surface area contributed by atoms with Gasteiger partial charge in [-0.2, -0.15) is 0 Å². The van der Waals surface area contributed by atoms with E-state index in [1.807, 2.05) is 24.3 Å². The molecular weight excluding hydrogens is 389 g/mol. The van der Waals surface area contributed by atoms with Gasteiger partial charge in [-0.25, -0.2) is 18.7 Å². The van der Waals surface area contributed by atoms with Crippen LogP contribution in [-0.2, 0) is 19.5 Å². The summed E-state index contributed by atoms with van der Waals surface area (Å²) < 4.78 is 25.8. The Bertz CT molecular complexity index is 825. The molecule has 0 N–H and O–H groups in total. The van der Waals surface area contributed by atoms with Crippen molar-refractivity contribution in [1.82, 2.24) is 14.3 Å². The standard InChI is InChI=1S/C22H24FN3O2S/c1-27-20-7-3-17(4-8-20)15-26(16-18-5-9-21(28-2)10-6-18)29-12-11-22-24-13-19(23)14-25-22/h3-10,13-14H,11-12,15-16H2,1-2H3. The molecule has 0 aliphatic carbocycles. The molecule has 0 unspecified atom stereocenters. The lowest BCUT2D eigenvalue weighted by Crippen LogP contribution is -2.16. The molecule has 29 heavy (non-hydrogen) atoms. The van der Waals surface area contributed by atoms with Gasteiger partial charge in [0.1, 0.15) is 17.3 Å². The number of benzene rings is 2. The fraction of sp³-hybridized carbons (Fsp3) is 0.273. The van der Waals surface area contributed by atoms with Crippen LogP contribution in [0.15, 0.2) is 60.9 Å². The lowest BCUT2D eigenvalue weighted by molar-refractivity contribution is 0.413. The summed E-state index contributed by atoms with van der Waals surface area (Å²) in [5, 5.41) is 0. The Balaban J connectivity index is 1.64. The zero-order chi connectivity index (χ0) is 20.5. The quantitative estimate of drug-likeness (QED) is 0.455. The molecule has 152 valence electrons. The number of aryl methyl sites for hydroxylation is 1. The average molecular weight is 414 g/mol. The minimum Gasteiger partial charge on any atom is -0.497 e. The molecule has 0 spiro atoms. The van der Waals surface area contributed by atoms with Gasteiger partial charge < -0.3 is 9.47 Å². The largest absolute Gasteiger partial charge is 0.497 e. The maximum atomic E-state index is 13.0. The third-order valence-electron chi connectivity index (χ3n) is 4.31. The third-order valence-corrected chi connectivity index (χ3v) is 5.32. The Morgan fingerprint density at radius 3 is 1.76 bits per heavy atom. The van der Waals surface area contributed by atoms with Gasteiger partial charge in [-0.05, 0) is 35.4 Å². The summed E-state index contributed by atoms with van der Waals surface area (Å²) in [5.74, 6) is 2.72. The van der Waals surface area contributed by atoms with Crippen molar-refractivity contribution >= 4 is 11.9 Å². The van der Waals surface area contributed by atoms with Crippen molar-refractivity contribution in [2.45, 2.75) is 19.5 Å². The summed E-state index contributed by atoms with van der Waals surface area (Å²) in [6.07, 6.45) is 3.09. The SMILES string of the molecule is COc1ccc(CN(Cc2ccc(OC)cc2)SCCc2ncc(F)cn2)cc1. The van der Waals surface area contributed by atoms with Crippen molar-refractivity contribution in [2.75, 3.05) is 20.0 Å². The van der Waals surface area contributed by atoms with E-state index in [0.717, 1.165) is 30.3 Å². The first-order valence-corrected chi connectivity index (χ1v) is 10.2. The lowest BCUT2D eigenvalue weighted by atomic mass is 10.2. The Morgan fingerprint density at radius 2 is 1.31 bits per heavy atom. The molecule has 0 atom stereocenters. The molecule has 0 saturated heterocycles. The van der Waals surface area contributed by atoms with Crippen LogP contribution in [0.1, 0.15) is 17.0 Å². The summed E-state index contributed by atoms with van der Waals surface area (Å²) in [7, 11) is 3.33. The van der Waals surface area contributed by atoms with Gasteiger partial charge in [0.05, 0.1) is 26.6 Å². The highest BCUT2D eigenvalue weighted by atomic mass is 32.2. The molecule has 0 bridgehead atoms. The van der Waals surface area contributed by atoms with Crippen molar-refractivity contribution in [3.05, 3.63) is 83.7 Å². The summed E-state index contributed by atoms with van der Waals surface area (Å²) in [4.78, 5) is 8.07. The number of halogens is 1. The Labute approximate surface area is 175 Å². The van der Waals surface area contributed by atoms with Gasteiger partial charge in [0.2, 0.25) is 0 Å². The monoisotopic (exact) mass is 413 g/mol. The fourth-order valence-corrected chi connectivity index (χ4v) is 3.76. The van der Waals surface area contributed by atoms with Gasteiger partial charge in [0, 0.05) is 25.3 Å². The van der Waals surface area contributed by atoms with Crippen LogP contribution in [0.3, 0.4) is 0 Å². The molecule has 0 fully saturated rings. The van der Waals surface area contributed by atoms with Gasteiger partial charge in [0.25, 0.3) is 0 Å². The molecule has 0 amide bonds. The zero-order valence-corrected chi connectivity index (χ0v) is 17.4. The first-order chi connectivity index (χ1) is 14.2. The van der Waals surface area contributed by atoms with Crippen LogP contribution in [0.25, 0.3) is 0 Å². The Hall–Kier alpha value is -2.64. The second kappa shape index (κ2) is 10.8. The number of nitrogens with zero attached hydrogens (tertiary/aromatic N) is 3. The van der Waals surface area contributed by atoms with Crippen molar-refractivity contribution < 1.29 is 13.9 Å². The molecule has 0 saturated carbocycles. The predicted octanol–water partition coefficient (Wildman–Crippen LogP) is 4.53. The first kappa shape index (κ1) is 21.1. The summed E-state index contributed by atoms with van der Waals surface area (Å²) in [6, 6.07) is 16.2. The average Bonchev–Trinajstić information content (AvgIpc) is 2.76. The molecule has 3 rings (SSSR count). The van der Waals surface area contributed by atoms with Gasteiger partial charge >= 0.3 is 0 Å². The molecule has 0 aliphatic rings. The van der Waals surface area contributed by atoms with Crippen molar-refractivity contribution in [2.24, 2.45) is 0 Å². The highest BCUT2D eigenvalue weighted by Crippen LogP contribution is 2.22. The van der Waals surface area contributed by atoms with E-state index in [1.54, 1.807) is 26.2 Å². The maximum absolute atomic E-state index is 13.0. The number of rotatable bonds is 10. The summed E-state index contributed by atoms with van der Waals surface area (Å²) in [6.45, 7) is 1.57. The molecular formula is C22H24FN3O2S. The number of methoxy groups -OCH3 is 2. The number of aromatic nitrogens is 2. The number of hydrogen-bond acceptors (Lipinski definition) is 6. The van der Waals surface area contributed by atoms with Crippen LogP contribution in [0.2, 0.25) is 0 Å². The normalized spacial score (nSPS) is 10.9. The second-order valence-electron chi connectivity index (χ2n) is 6.39.